The van der Waals surface area contributed by atoms with Crippen LogP contribution in [-0.4, -0.2) is 71.8 Å². The number of rotatable bonds is 6. The number of fused-ring (bicyclic) bond motifs is 1. The first-order valence-electron chi connectivity index (χ1n) is 13.9. The number of nitrogens with zero attached hydrogens (tertiary/aromatic N) is 7. The van der Waals surface area contributed by atoms with E-state index in [0.29, 0.717) is 47.6 Å². The van der Waals surface area contributed by atoms with Crippen molar-refractivity contribution in [3.8, 4) is 17.3 Å². The topological polar surface area (TPSA) is 90.0 Å². The molecule has 1 amide bonds. The van der Waals surface area contributed by atoms with E-state index in [4.69, 9.17) is 14.8 Å². The van der Waals surface area contributed by atoms with Gasteiger partial charge in [-0.05, 0) is 55.7 Å². The molecule has 1 aromatic carbocycles. The Kier molecular flexibility index (Phi) is 7.36. The number of aryl methyl sites for hydroxylation is 2. The van der Waals surface area contributed by atoms with E-state index in [1.54, 1.807) is 12.1 Å². The fourth-order valence-corrected chi connectivity index (χ4v) is 6.59. The zero-order valence-corrected chi connectivity index (χ0v) is 24.2. The van der Waals surface area contributed by atoms with Crippen molar-refractivity contribution in [1.29, 1.82) is 5.26 Å². The number of carbonyl (C=O) groups excluding carboxylic acids is 1. The molecule has 2 aliphatic heterocycles. The predicted octanol–water partition coefficient (Wildman–Crippen LogP) is 4.79. The van der Waals surface area contributed by atoms with Crippen LogP contribution < -0.4 is 9.80 Å². The third kappa shape index (κ3) is 5.02. The number of amides is 1. The van der Waals surface area contributed by atoms with Crippen molar-refractivity contribution in [2.24, 2.45) is 5.92 Å². The lowest BCUT2D eigenvalue weighted by Gasteiger charge is -2.37. The summed E-state index contributed by atoms with van der Waals surface area (Å²) in [5.74, 6) is -0.129. The molecule has 0 saturated carbocycles. The number of ether oxygens (including phenoxy) is 1. The van der Waals surface area contributed by atoms with E-state index in [9.17, 15) is 14.4 Å². The van der Waals surface area contributed by atoms with Crippen molar-refractivity contribution in [3.63, 3.8) is 0 Å². The summed E-state index contributed by atoms with van der Waals surface area (Å²) in [5.41, 5.74) is 6.29. The summed E-state index contributed by atoms with van der Waals surface area (Å²) in [6.45, 7) is 8.27. The molecule has 5 heterocycles. The van der Waals surface area contributed by atoms with E-state index in [0.717, 1.165) is 54.1 Å². The SMILES string of the molecule is CCc1nn2cc(C)c(N3CCN(C(=O)[C@@H]4CCOC4)CC3)cc2c1N(C)c1nc(-c2ccc(F)cc2)c(C#N)s1. The third-order valence-corrected chi connectivity index (χ3v) is 9.02. The van der Waals surface area contributed by atoms with Gasteiger partial charge in [-0.3, -0.25) is 4.79 Å². The number of pyridine rings is 1. The van der Waals surface area contributed by atoms with Crippen LogP contribution in [0.4, 0.5) is 20.9 Å². The van der Waals surface area contributed by atoms with Crippen molar-refractivity contribution < 1.29 is 13.9 Å². The zero-order chi connectivity index (χ0) is 28.7. The predicted molar refractivity (Wildman–Crippen MR) is 157 cm³/mol. The van der Waals surface area contributed by atoms with Gasteiger partial charge in [0.2, 0.25) is 5.91 Å². The highest BCUT2D eigenvalue weighted by Crippen LogP contribution is 2.39. The van der Waals surface area contributed by atoms with Crippen LogP contribution in [0.25, 0.3) is 16.8 Å². The normalized spacial score (nSPS) is 17.3. The van der Waals surface area contributed by atoms with Gasteiger partial charge in [0.1, 0.15) is 22.5 Å². The summed E-state index contributed by atoms with van der Waals surface area (Å²) in [6, 6.07) is 10.5. The maximum atomic E-state index is 13.5. The smallest absolute Gasteiger partial charge is 0.228 e. The van der Waals surface area contributed by atoms with E-state index in [-0.39, 0.29) is 17.6 Å². The standard InChI is InChI=1S/C30H32FN7O2S/c1-4-23-28(35(3)30-33-27(26(16-32)41-30)20-5-7-22(31)8-6-20)25-15-24(19(2)17-38(25)34-23)36-10-12-37(13-11-36)29(39)21-9-14-40-18-21/h5-8,15,17,21H,4,9-14,18H2,1-3H3/t21-/m1/s1. The van der Waals surface area contributed by atoms with Crippen molar-refractivity contribution >= 4 is 39.3 Å². The van der Waals surface area contributed by atoms with E-state index in [1.807, 2.05) is 21.4 Å². The number of benzene rings is 1. The molecule has 2 saturated heterocycles. The first kappa shape index (κ1) is 27.2. The molecule has 41 heavy (non-hydrogen) atoms. The second-order valence-corrected chi connectivity index (χ2v) is 11.5. The van der Waals surface area contributed by atoms with Crippen LogP contribution in [-0.2, 0) is 16.0 Å². The molecule has 0 radical (unpaired) electrons. The number of hydrogen-bond donors (Lipinski definition) is 0. The van der Waals surface area contributed by atoms with Crippen LogP contribution in [0.15, 0.2) is 36.5 Å². The molecule has 6 rings (SSSR count). The highest BCUT2D eigenvalue weighted by molar-refractivity contribution is 7.16. The summed E-state index contributed by atoms with van der Waals surface area (Å²) >= 11 is 1.31. The minimum atomic E-state index is -0.332. The number of aromatic nitrogens is 3. The Bertz CT molecular complexity index is 1630. The largest absolute Gasteiger partial charge is 0.381 e. The van der Waals surface area contributed by atoms with Gasteiger partial charge in [0.25, 0.3) is 0 Å². The molecule has 2 aliphatic rings. The number of anilines is 3. The van der Waals surface area contributed by atoms with Crippen molar-refractivity contribution in [3.05, 3.63) is 58.5 Å². The van der Waals surface area contributed by atoms with Gasteiger partial charge in [0.15, 0.2) is 5.13 Å². The number of nitriles is 1. The summed E-state index contributed by atoms with van der Waals surface area (Å²) in [4.78, 5) is 24.5. The van der Waals surface area contributed by atoms with Gasteiger partial charge in [0, 0.05) is 57.3 Å². The molecule has 9 nitrogen and oxygen atoms in total. The molecule has 0 N–H and O–H groups in total. The van der Waals surface area contributed by atoms with Gasteiger partial charge < -0.3 is 19.4 Å². The highest BCUT2D eigenvalue weighted by atomic mass is 32.1. The molecule has 212 valence electrons. The van der Waals surface area contributed by atoms with E-state index >= 15 is 0 Å². The van der Waals surface area contributed by atoms with Crippen LogP contribution in [0, 0.1) is 30.0 Å². The Hall–Kier alpha value is -4.01. The zero-order valence-electron chi connectivity index (χ0n) is 23.4. The minimum absolute atomic E-state index is 0.00651. The summed E-state index contributed by atoms with van der Waals surface area (Å²) in [7, 11) is 1.95. The van der Waals surface area contributed by atoms with Gasteiger partial charge in [-0.15, -0.1) is 0 Å². The highest BCUT2D eigenvalue weighted by Gasteiger charge is 2.31. The summed E-state index contributed by atoms with van der Waals surface area (Å²) in [6.07, 6.45) is 3.59. The number of thiazole rings is 1. The lowest BCUT2D eigenvalue weighted by Crippen LogP contribution is -2.50. The first-order chi connectivity index (χ1) is 19.9. The molecule has 0 aliphatic carbocycles. The fourth-order valence-electron chi connectivity index (χ4n) is 5.74. The molecule has 2 fully saturated rings. The lowest BCUT2D eigenvalue weighted by atomic mass is 10.1. The maximum absolute atomic E-state index is 13.5. The van der Waals surface area contributed by atoms with E-state index in [2.05, 4.69) is 37.1 Å². The Morgan fingerprint density at radius 2 is 2.00 bits per heavy atom. The number of carbonyl (C=O) groups is 1. The Labute approximate surface area is 242 Å². The monoisotopic (exact) mass is 573 g/mol. The van der Waals surface area contributed by atoms with Gasteiger partial charge >= 0.3 is 0 Å². The second-order valence-electron chi connectivity index (χ2n) is 10.5. The molecule has 11 heteroatoms. The average molecular weight is 574 g/mol. The third-order valence-electron chi connectivity index (χ3n) is 7.99. The molecular weight excluding hydrogens is 541 g/mol. The maximum Gasteiger partial charge on any atom is 0.228 e. The Balaban J connectivity index is 1.31. The number of piperazine rings is 1. The number of halogens is 1. The van der Waals surface area contributed by atoms with Crippen molar-refractivity contribution in [2.75, 3.05) is 56.2 Å². The molecule has 0 spiro atoms. The van der Waals surface area contributed by atoms with E-state index in [1.165, 1.54) is 23.5 Å². The Morgan fingerprint density at radius 1 is 1.24 bits per heavy atom. The van der Waals surface area contributed by atoms with Gasteiger partial charge in [0.05, 0.1) is 29.4 Å². The van der Waals surface area contributed by atoms with Crippen LogP contribution in [0.3, 0.4) is 0 Å². The minimum Gasteiger partial charge on any atom is -0.381 e. The summed E-state index contributed by atoms with van der Waals surface area (Å²) in [5, 5.41) is 15.4. The van der Waals surface area contributed by atoms with Crippen LogP contribution in [0.5, 0.6) is 0 Å². The van der Waals surface area contributed by atoms with Gasteiger partial charge in [-0.25, -0.2) is 13.9 Å². The average Bonchev–Trinajstić information content (AvgIpc) is 3.75. The van der Waals surface area contributed by atoms with E-state index < -0.39 is 0 Å². The van der Waals surface area contributed by atoms with Gasteiger partial charge in [-0.1, -0.05) is 18.3 Å². The lowest BCUT2D eigenvalue weighted by molar-refractivity contribution is -0.135. The molecule has 4 aromatic rings. The quantitative estimate of drug-likeness (QED) is 0.328. The fraction of sp³-hybridized carbons (Fsp3) is 0.400. The molecule has 0 bridgehead atoms. The molecule has 0 unspecified atom stereocenters. The van der Waals surface area contributed by atoms with Crippen LogP contribution in [0.1, 0.15) is 29.5 Å². The molecule has 1 atom stereocenters. The van der Waals surface area contributed by atoms with Crippen molar-refractivity contribution in [1.82, 2.24) is 19.5 Å². The van der Waals surface area contributed by atoms with Crippen LogP contribution >= 0.6 is 11.3 Å². The van der Waals surface area contributed by atoms with Crippen LogP contribution in [0.2, 0.25) is 0 Å². The second kappa shape index (κ2) is 11.1. The molecular formula is C30H32FN7O2S. The van der Waals surface area contributed by atoms with Gasteiger partial charge in [-0.2, -0.15) is 10.4 Å². The Morgan fingerprint density at radius 3 is 2.66 bits per heavy atom. The first-order valence-corrected chi connectivity index (χ1v) is 14.7. The summed E-state index contributed by atoms with van der Waals surface area (Å²) < 4.78 is 20.9. The molecule has 3 aromatic heterocycles. The number of hydrogen-bond acceptors (Lipinski definition) is 8. The van der Waals surface area contributed by atoms with Crippen molar-refractivity contribution in [2.45, 2.75) is 26.7 Å².